The van der Waals surface area contributed by atoms with E-state index in [9.17, 15) is 0 Å². The molecule has 1 aromatic rings. The predicted octanol–water partition coefficient (Wildman–Crippen LogP) is 4.61. The summed E-state index contributed by atoms with van der Waals surface area (Å²) in [6.07, 6.45) is 8.16. The first-order chi connectivity index (χ1) is 8.28. The Hall–Kier alpha value is 0.140. The first-order valence-corrected chi connectivity index (χ1v) is 8.36. The average Bonchev–Trinajstić information content (AvgIpc) is 2.76. The van der Waals surface area contributed by atoms with Gasteiger partial charge < -0.3 is 5.32 Å². The Bertz CT molecular complexity index is 329. The van der Waals surface area contributed by atoms with Crippen LogP contribution in [0.25, 0.3) is 0 Å². The summed E-state index contributed by atoms with van der Waals surface area (Å²) >= 11 is 5.37. The lowest BCUT2D eigenvalue weighted by Crippen LogP contribution is -2.34. The van der Waals surface area contributed by atoms with Gasteiger partial charge in [-0.2, -0.15) is 0 Å². The molecule has 1 aromatic heterocycles. The summed E-state index contributed by atoms with van der Waals surface area (Å²) < 4.78 is 1.25. The molecule has 0 radical (unpaired) electrons. The lowest BCUT2D eigenvalue weighted by molar-refractivity contribution is 0.287. The van der Waals surface area contributed by atoms with Gasteiger partial charge in [0.1, 0.15) is 0 Å². The number of hydrogen-bond acceptors (Lipinski definition) is 2. The standard InChI is InChI=1S/C14H22BrNS/c1-2-11-3-5-12(6-4-11)16-10-9-13-7-8-14(15)17-13/h7-8,11-12,16H,2-6,9-10H2,1H3. The minimum Gasteiger partial charge on any atom is -0.314 e. The maximum atomic E-state index is 3.72. The summed E-state index contributed by atoms with van der Waals surface area (Å²) in [5.74, 6) is 1.00. The van der Waals surface area contributed by atoms with Crippen molar-refractivity contribution >= 4 is 27.3 Å². The van der Waals surface area contributed by atoms with Gasteiger partial charge in [0.05, 0.1) is 3.79 Å². The zero-order chi connectivity index (χ0) is 12.1. The van der Waals surface area contributed by atoms with Crippen molar-refractivity contribution in [1.29, 1.82) is 0 Å². The average molecular weight is 316 g/mol. The summed E-state index contributed by atoms with van der Waals surface area (Å²) in [6, 6.07) is 5.15. The maximum absolute atomic E-state index is 3.72. The highest BCUT2D eigenvalue weighted by Gasteiger charge is 2.18. The molecule has 96 valence electrons. The predicted molar refractivity (Wildman–Crippen MR) is 79.8 cm³/mol. The van der Waals surface area contributed by atoms with E-state index in [1.165, 1.54) is 47.2 Å². The van der Waals surface area contributed by atoms with Crippen LogP contribution >= 0.6 is 27.3 Å². The summed E-state index contributed by atoms with van der Waals surface area (Å²) in [4.78, 5) is 1.48. The van der Waals surface area contributed by atoms with Crippen LogP contribution in [0.1, 0.15) is 43.9 Å². The SMILES string of the molecule is CCC1CCC(NCCc2ccc(Br)s2)CC1. The molecule has 0 bridgehead atoms. The monoisotopic (exact) mass is 315 g/mol. The molecule has 0 saturated heterocycles. The molecule has 17 heavy (non-hydrogen) atoms. The van der Waals surface area contributed by atoms with Gasteiger partial charge in [-0.15, -0.1) is 11.3 Å². The molecule has 0 atom stereocenters. The highest BCUT2D eigenvalue weighted by atomic mass is 79.9. The van der Waals surface area contributed by atoms with Gasteiger partial charge in [0, 0.05) is 17.5 Å². The fourth-order valence-corrected chi connectivity index (χ4v) is 4.14. The molecular weight excluding hydrogens is 294 g/mol. The van der Waals surface area contributed by atoms with E-state index in [-0.39, 0.29) is 0 Å². The minimum absolute atomic E-state index is 0.779. The van der Waals surface area contributed by atoms with E-state index in [4.69, 9.17) is 0 Å². The Morgan fingerprint density at radius 3 is 2.65 bits per heavy atom. The molecule has 1 saturated carbocycles. The van der Waals surface area contributed by atoms with Crippen LogP contribution in [-0.4, -0.2) is 12.6 Å². The third kappa shape index (κ3) is 4.38. The Balaban J connectivity index is 1.63. The molecule has 0 unspecified atom stereocenters. The molecule has 1 aliphatic carbocycles. The van der Waals surface area contributed by atoms with Gasteiger partial charge in [0.15, 0.2) is 0 Å². The highest BCUT2D eigenvalue weighted by molar-refractivity contribution is 9.11. The van der Waals surface area contributed by atoms with E-state index in [1.807, 2.05) is 11.3 Å². The van der Waals surface area contributed by atoms with Gasteiger partial charge in [-0.25, -0.2) is 0 Å². The lowest BCUT2D eigenvalue weighted by Gasteiger charge is -2.28. The van der Waals surface area contributed by atoms with Crippen molar-refractivity contribution in [2.24, 2.45) is 5.92 Å². The summed E-state index contributed by atoms with van der Waals surface area (Å²) in [6.45, 7) is 3.46. The van der Waals surface area contributed by atoms with Crippen molar-refractivity contribution in [2.45, 2.75) is 51.5 Å². The number of rotatable bonds is 5. The van der Waals surface area contributed by atoms with Gasteiger partial charge in [-0.05, 0) is 66.1 Å². The second-order valence-corrected chi connectivity index (χ2v) is 7.58. The summed E-state index contributed by atoms with van der Waals surface area (Å²) in [5.41, 5.74) is 0. The lowest BCUT2D eigenvalue weighted by atomic mass is 9.84. The largest absolute Gasteiger partial charge is 0.314 e. The zero-order valence-electron chi connectivity index (χ0n) is 10.5. The van der Waals surface area contributed by atoms with E-state index in [0.717, 1.165) is 18.5 Å². The second-order valence-electron chi connectivity index (χ2n) is 5.04. The van der Waals surface area contributed by atoms with Crippen molar-refractivity contribution in [3.05, 3.63) is 20.8 Å². The molecule has 0 amide bonds. The molecule has 2 rings (SSSR count). The van der Waals surface area contributed by atoms with E-state index in [2.05, 4.69) is 40.3 Å². The molecular formula is C14H22BrNS. The topological polar surface area (TPSA) is 12.0 Å². The van der Waals surface area contributed by atoms with Crippen LogP contribution in [0.2, 0.25) is 0 Å². The molecule has 1 aliphatic rings. The summed E-state index contributed by atoms with van der Waals surface area (Å²) in [7, 11) is 0. The highest BCUT2D eigenvalue weighted by Crippen LogP contribution is 2.26. The van der Waals surface area contributed by atoms with Gasteiger partial charge in [0.2, 0.25) is 0 Å². The smallest absolute Gasteiger partial charge is 0.0701 e. The van der Waals surface area contributed by atoms with Crippen molar-refractivity contribution in [2.75, 3.05) is 6.54 Å². The van der Waals surface area contributed by atoms with Gasteiger partial charge >= 0.3 is 0 Å². The summed E-state index contributed by atoms with van der Waals surface area (Å²) in [5, 5.41) is 3.72. The van der Waals surface area contributed by atoms with Crippen molar-refractivity contribution < 1.29 is 0 Å². The van der Waals surface area contributed by atoms with Crippen molar-refractivity contribution in [3.63, 3.8) is 0 Å². The molecule has 0 aliphatic heterocycles. The van der Waals surface area contributed by atoms with Crippen LogP contribution in [0.5, 0.6) is 0 Å². The van der Waals surface area contributed by atoms with Crippen LogP contribution in [0, 0.1) is 5.92 Å². The van der Waals surface area contributed by atoms with Crippen molar-refractivity contribution in [1.82, 2.24) is 5.32 Å². The van der Waals surface area contributed by atoms with Crippen LogP contribution in [0.3, 0.4) is 0 Å². The Labute approximate surface area is 117 Å². The van der Waals surface area contributed by atoms with E-state index < -0.39 is 0 Å². The molecule has 0 spiro atoms. The molecule has 1 N–H and O–H groups in total. The van der Waals surface area contributed by atoms with Gasteiger partial charge in [-0.1, -0.05) is 13.3 Å². The third-order valence-corrected chi connectivity index (χ3v) is 5.54. The van der Waals surface area contributed by atoms with Gasteiger partial charge in [0.25, 0.3) is 0 Å². The first kappa shape index (κ1) is 13.6. The van der Waals surface area contributed by atoms with Crippen molar-refractivity contribution in [3.8, 4) is 0 Å². The molecule has 1 heterocycles. The number of thiophene rings is 1. The third-order valence-electron chi connectivity index (χ3n) is 3.86. The van der Waals surface area contributed by atoms with Crippen LogP contribution in [0.15, 0.2) is 15.9 Å². The Morgan fingerprint density at radius 2 is 2.06 bits per heavy atom. The fourth-order valence-electron chi connectivity index (χ4n) is 2.66. The van der Waals surface area contributed by atoms with Crippen LogP contribution in [0.4, 0.5) is 0 Å². The number of hydrogen-bond donors (Lipinski definition) is 1. The second kappa shape index (κ2) is 6.91. The van der Waals surface area contributed by atoms with E-state index in [1.54, 1.807) is 0 Å². The van der Waals surface area contributed by atoms with Gasteiger partial charge in [-0.3, -0.25) is 0 Å². The molecule has 1 nitrogen and oxygen atoms in total. The first-order valence-electron chi connectivity index (χ1n) is 6.75. The van der Waals surface area contributed by atoms with Crippen LogP contribution in [-0.2, 0) is 6.42 Å². The Morgan fingerprint density at radius 1 is 1.29 bits per heavy atom. The van der Waals surface area contributed by atoms with E-state index >= 15 is 0 Å². The molecule has 0 aromatic carbocycles. The molecule has 3 heteroatoms. The van der Waals surface area contributed by atoms with E-state index in [0.29, 0.717) is 0 Å². The number of halogens is 1. The normalized spacial score (nSPS) is 25.1. The zero-order valence-corrected chi connectivity index (χ0v) is 12.9. The molecule has 1 fully saturated rings. The number of nitrogens with one attached hydrogen (secondary N) is 1. The minimum atomic E-state index is 0.779. The maximum Gasteiger partial charge on any atom is 0.0701 e. The Kier molecular flexibility index (Phi) is 5.51. The fraction of sp³-hybridized carbons (Fsp3) is 0.714. The quantitative estimate of drug-likeness (QED) is 0.836. The van der Waals surface area contributed by atoms with Crippen LogP contribution < -0.4 is 5.32 Å².